The van der Waals surface area contributed by atoms with Gasteiger partial charge in [-0.15, -0.1) is 0 Å². The third kappa shape index (κ3) is 3.31. The average molecular weight is 272 g/mol. The monoisotopic (exact) mass is 271 g/mol. The first-order chi connectivity index (χ1) is 8.16. The van der Waals surface area contributed by atoms with Crippen molar-refractivity contribution in [1.29, 1.82) is 0 Å². The molecule has 0 spiro atoms. The normalized spacial score (nSPS) is 16.8. The van der Waals surface area contributed by atoms with Crippen LogP contribution in [0.25, 0.3) is 0 Å². The van der Waals surface area contributed by atoms with E-state index in [2.05, 4.69) is 0 Å². The Bertz CT molecular complexity index is 419. The predicted molar refractivity (Wildman–Crippen MR) is 71.8 cm³/mol. The largest absolute Gasteiger partial charge is 0.490 e. The molecule has 0 radical (unpaired) electrons. The minimum absolute atomic E-state index is 0.165. The molecule has 3 nitrogen and oxygen atoms in total. The summed E-state index contributed by atoms with van der Waals surface area (Å²) in [5.41, 5.74) is 6.35. The zero-order chi connectivity index (χ0) is 12.3. The molecule has 0 saturated carbocycles. The van der Waals surface area contributed by atoms with Crippen LogP contribution in [-0.2, 0) is 4.74 Å². The second-order valence-electron chi connectivity index (χ2n) is 3.93. The van der Waals surface area contributed by atoms with Gasteiger partial charge in [-0.3, -0.25) is 0 Å². The summed E-state index contributed by atoms with van der Waals surface area (Å²) in [6, 6.07) is 5.32. The van der Waals surface area contributed by atoms with E-state index in [9.17, 15) is 0 Å². The lowest BCUT2D eigenvalue weighted by Gasteiger charge is -2.24. The fourth-order valence-corrected chi connectivity index (χ4v) is 2.10. The standard InChI is InChI=1S/C12H14ClNO2S/c13-8-1-2-11(10(7-8)12(14)17)16-9-3-5-15-6-4-9/h1-2,7,9H,3-6H2,(H2,14,17). The van der Waals surface area contributed by atoms with Gasteiger partial charge in [-0.05, 0) is 18.2 Å². The van der Waals surface area contributed by atoms with Crippen LogP contribution in [-0.4, -0.2) is 24.3 Å². The summed E-state index contributed by atoms with van der Waals surface area (Å²) in [7, 11) is 0. The molecule has 2 rings (SSSR count). The first-order valence-electron chi connectivity index (χ1n) is 5.50. The van der Waals surface area contributed by atoms with Crippen molar-refractivity contribution in [2.75, 3.05) is 13.2 Å². The highest BCUT2D eigenvalue weighted by Gasteiger charge is 2.17. The summed E-state index contributed by atoms with van der Waals surface area (Å²) in [5, 5.41) is 0.604. The van der Waals surface area contributed by atoms with Gasteiger partial charge in [0.1, 0.15) is 16.8 Å². The van der Waals surface area contributed by atoms with Crippen LogP contribution in [0.5, 0.6) is 5.75 Å². The third-order valence-corrected chi connectivity index (χ3v) is 3.12. The Balaban J connectivity index is 2.16. The van der Waals surface area contributed by atoms with E-state index >= 15 is 0 Å². The molecule has 17 heavy (non-hydrogen) atoms. The Labute approximate surface area is 111 Å². The van der Waals surface area contributed by atoms with Crippen molar-refractivity contribution >= 4 is 28.8 Å². The number of hydrogen-bond donors (Lipinski definition) is 1. The molecule has 1 aliphatic heterocycles. The molecule has 1 saturated heterocycles. The van der Waals surface area contributed by atoms with Gasteiger partial charge in [0.15, 0.2) is 0 Å². The maximum Gasteiger partial charge on any atom is 0.129 e. The minimum atomic E-state index is 0.165. The van der Waals surface area contributed by atoms with Crippen LogP contribution < -0.4 is 10.5 Å². The van der Waals surface area contributed by atoms with E-state index in [1.165, 1.54) is 0 Å². The Morgan fingerprint density at radius 1 is 1.41 bits per heavy atom. The second kappa shape index (κ2) is 5.67. The van der Waals surface area contributed by atoms with E-state index in [4.69, 9.17) is 39.0 Å². The lowest BCUT2D eigenvalue weighted by atomic mass is 10.1. The van der Waals surface area contributed by atoms with Crippen molar-refractivity contribution in [3.05, 3.63) is 28.8 Å². The Morgan fingerprint density at radius 3 is 2.76 bits per heavy atom. The van der Waals surface area contributed by atoms with Crippen LogP contribution in [0.2, 0.25) is 5.02 Å². The summed E-state index contributed by atoms with van der Waals surface area (Å²) >= 11 is 10.9. The summed E-state index contributed by atoms with van der Waals surface area (Å²) in [6.45, 7) is 1.47. The molecule has 92 valence electrons. The van der Waals surface area contributed by atoms with Gasteiger partial charge in [-0.1, -0.05) is 23.8 Å². The molecule has 1 aromatic carbocycles. The summed E-state index contributed by atoms with van der Waals surface area (Å²) in [6.07, 6.45) is 1.94. The Morgan fingerprint density at radius 2 is 2.12 bits per heavy atom. The van der Waals surface area contributed by atoms with Crippen molar-refractivity contribution in [3.63, 3.8) is 0 Å². The molecule has 0 atom stereocenters. The molecular weight excluding hydrogens is 258 g/mol. The molecule has 0 amide bonds. The van der Waals surface area contributed by atoms with Gasteiger partial charge in [0.25, 0.3) is 0 Å². The SMILES string of the molecule is NC(=S)c1cc(Cl)ccc1OC1CCOCC1. The molecule has 0 aromatic heterocycles. The van der Waals surface area contributed by atoms with Gasteiger partial charge >= 0.3 is 0 Å². The maximum atomic E-state index is 5.91. The van der Waals surface area contributed by atoms with Crippen molar-refractivity contribution in [3.8, 4) is 5.75 Å². The van der Waals surface area contributed by atoms with Gasteiger partial charge in [0.05, 0.1) is 18.8 Å². The lowest BCUT2D eigenvalue weighted by Crippen LogP contribution is -2.26. The van der Waals surface area contributed by atoms with Gasteiger partial charge in [0.2, 0.25) is 0 Å². The molecule has 5 heteroatoms. The second-order valence-corrected chi connectivity index (χ2v) is 4.81. The maximum absolute atomic E-state index is 5.91. The zero-order valence-corrected chi connectivity index (χ0v) is 10.9. The quantitative estimate of drug-likeness (QED) is 0.858. The van der Waals surface area contributed by atoms with Crippen molar-refractivity contribution in [1.82, 2.24) is 0 Å². The van der Waals surface area contributed by atoms with Crippen LogP contribution in [0.4, 0.5) is 0 Å². The Kier molecular flexibility index (Phi) is 4.20. The highest BCUT2D eigenvalue weighted by molar-refractivity contribution is 7.80. The molecule has 0 bridgehead atoms. The average Bonchev–Trinajstić information content (AvgIpc) is 2.32. The molecule has 1 heterocycles. The predicted octanol–water partition coefficient (Wildman–Crippen LogP) is 2.53. The number of rotatable bonds is 3. The number of ether oxygens (including phenoxy) is 2. The smallest absolute Gasteiger partial charge is 0.129 e. The van der Waals surface area contributed by atoms with E-state index in [1.807, 2.05) is 6.07 Å². The first-order valence-corrected chi connectivity index (χ1v) is 6.29. The Hall–Kier alpha value is -0.840. The topological polar surface area (TPSA) is 44.5 Å². The minimum Gasteiger partial charge on any atom is -0.490 e. The fourth-order valence-electron chi connectivity index (χ4n) is 1.77. The summed E-state index contributed by atoms with van der Waals surface area (Å²) in [5.74, 6) is 0.703. The molecule has 1 fully saturated rings. The highest BCUT2D eigenvalue weighted by Crippen LogP contribution is 2.25. The van der Waals surface area contributed by atoms with Crippen LogP contribution in [0, 0.1) is 0 Å². The van der Waals surface area contributed by atoms with E-state index in [0.29, 0.717) is 21.3 Å². The van der Waals surface area contributed by atoms with Crippen LogP contribution in [0.1, 0.15) is 18.4 Å². The third-order valence-electron chi connectivity index (χ3n) is 2.67. The number of hydrogen-bond acceptors (Lipinski definition) is 3. The van der Waals surface area contributed by atoms with Gasteiger partial charge in [-0.2, -0.15) is 0 Å². The number of thiocarbonyl (C=S) groups is 1. The van der Waals surface area contributed by atoms with Crippen molar-refractivity contribution in [2.45, 2.75) is 18.9 Å². The first kappa shape index (κ1) is 12.6. The molecular formula is C12H14ClNO2S. The van der Waals surface area contributed by atoms with Crippen molar-refractivity contribution in [2.24, 2.45) is 5.73 Å². The number of nitrogens with two attached hydrogens (primary N) is 1. The van der Waals surface area contributed by atoms with Crippen LogP contribution >= 0.6 is 23.8 Å². The fraction of sp³-hybridized carbons (Fsp3) is 0.417. The lowest BCUT2D eigenvalue weighted by molar-refractivity contribution is 0.0255. The van der Waals surface area contributed by atoms with Crippen molar-refractivity contribution < 1.29 is 9.47 Å². The number of halogens is 1. The summed E-state index contributed by atoms with van der Waals surface area (Å²) in [4.78, 5) is 0.301. The van der Waals surface area contributed by atoms with E-state index in [1.54, 1.807) is 12.1 Å². The van der Waals surface area contributed by atoms with Crippen LogP contribution in [0.15, 0.2) is 18.2 Å². The van der Waals surface area contributed by atoms with E-state index in [-0.39, 0.29) is 6.10 Å². The van der Waals surface area contributed by atoms with E-state index < -0.39 is 0 Å². The van der Waals surface area contributed by atoms with Crippen LogP contribution in [0.3, 0.4) is 0 Å². The zero-order valence-electron chi connectivity index (χ0n) is 9.32. The molecule has 0 unspecified atom stereocenters. The summed E-state index contributed by atoms with van der Waals surface area (Å²) < 4.78 is 11.2. The van der Waals surface area contributed by atoms with E-state index in [0.717, 1.165) is 26.1 Å². The molecule has 2 N–H and O–H groups in total. The van der Waals surface area contributed by atoms with Gasteiger partial charge in [0, 0.05) is 17.9 Å². The number of benzene rings is 1. The van der Waals surface area contributed by atoms with Gasteiger partial charge in [-0.25, -0.2) is 0 Å². The highest BCUT2D eigenvalue weighted by atomic mass is 35.5. The van der Waals surface area contributed by atoms with Gasteiger partial charge < -0.3 is 15.2 Å². The molecule has 1 aromatic rings. The molecule has 0 aliphatic carbocycles. The molecule has 1 aliphatic rings.